The Morgan fingerprint density at radius 3 is 2.36 bits per heavy atom. The van der Waals surface area contributed by atoms with Crippen LogP contribution in [0.15, 0.2) is 47.4 Å². The minimum Gasteiger partial charge on any atom is -0.313 e. The Bertz CT molecular complexity index is 925. The zero-order valence-corrected chi connectivity index (χ0v) is 16.3. The van der Waals surface area contributed by atoms with E-state index in [-0.39, 0.29) is 10.5 Å². The summed E-state index contributed by atoms with van der Waals surface area (Å²) < 4.78 is 64.9. The molecule has 0 saturated carbocycles. The molecule has 0 saturated heterocycles. The van der Waals surface area contributed by atoms with Gasteiger partial charge >= 0.3 is 6.18 Å². The van der Waals surface area contributed by atoms with E-state index in [9.17, 15) is 21.6 Å². The van der Waals surface area contributed by atoms with Gasteiger partial charge in [0, 0.05) is 11.7 Å². The van der Waals surface area contributed by atoms with Crippen molar-refractivity contribution in [3.8, 4) is 0 Å². The summed E-state index contributed by atoms with van der Waals surface area (Å²) >= 11 is 0. The molecule has 1 aliphatic rings. The quantitative estimate of drug-likeness (QED) is 0.721. The molecule has 0 fully saturated rings. The minimum atomic E-state index is -4.33. The number of anilines is 1. The molecule has 152 valence electrons. The molecule has 0 bridgehead atoms. The van der Waals surface area contributed by atoms with Gasteiger partial charge < -0.3 is 5.32 Å². The fraction of sp³-hybridized carbons (Fsp3) is 0.400. The van der Waals surface area contributed by atoms with E-state index in [1.165, 1.54) is 29.8 Å². The average molecular weight is 412 g/mol. The van der Waals surface area contributed by atoms with Gasteiger partial charge in [0.15, 0.2) is 0 Å². The summed E-state index contributed by atoms with van der Waals surface area (Å²) in [5, 5.41) is 3.47. The molecule has 4 nitrogen and oxygen atoms in total. The van der Waals surface area contributed by atoms with E-state index in [2.05, 4.69) is 17.0 Å². The maximum Gasteiger partial charge on any atom is 0.393 e. The Morgan fingerprint density at radius 1 is 1.04 bits per heavy atom. The Labute approximate surface area is 163 Å². The topological polar surface area (TPSA) is 58.2 Å². The van der Waals surface area contributed by atoms with Crippen LogP contribution in [0.4, 0.5) is 18.9 Å². The van der Waals surface area contributed by atoms with Gasteiger partial charge in [-0.15, -0.1) is 0 Å². The molecule has 8 heteroatoms. The Morgan fingerprint density at radius 2 is 1.71 bits per heavy atom. The predicted octanol–water partition coefficient (Wildman–Crippen LogP) is 4.06. The van der Waals surface area contributed by atoms with Crippen molar-refractivity contribution in [1.29, 1.82) is 0 Å². The van der Waals surface area contributed by atoms with Gasteiger partial charge in [-0.3, -0.25) is 4.72 Å². The Balaban J connectivity index is 1.70. The lowest BCUT2D eigenvalue weighted by Gasteiger charge is -2.11. The summed E-state index contributed by atoms with van der Waals surface area (Å²) in [6.07, 6.45) is -2.59. The SMILES string of the molecule is CCCNC1Cc2ccc(NS(=O)(=O)c3ccc(CC(F)(F)F)cc3)cc2C1. The van der Waals surface area contributed by atoms with Crippen LogP contribution in [-0.2, 0) is 29.3 Å². The second-order valence-corrected chi connectivity index (χ2v) is 8.77. The van der Waals surface area contributed by atoms with Crippen molar-refractivity contribution in [3.63, 3.8) is 0 Å². The number of rotatable bonds is 7. The third-order valence-corrected chi connectivity index (χ3v) is 6.11. The molecular weight excluding hydrogens is 389 g/mol. The van der Waals surface area contributed by atoms with Gasteiger partial charge in [0.25, 0.3) is 10.0 Å². The molecular formula is C20H23F3N2O2S. The molecule has 1 atom stereocenters. The Kier molecular flexibility index (Phi) is 6.00. The van der Waals surface area contributed by atoms with Crippen LogP contribution in [0.5, 0.6) is 0 Å². The fourth-order valence-electron chi connectivity index (χ4n) is 3.41. The third kappa shape index (κ3) is 5.26. The van der Waals surface area contributed by atoms with Gasteiger partial charge in [-0.2, -0.15) is 13.2 Å². The first-order valence-corrected chi connectivity index (χ1v) is 10.7. The summed E-state index contributed by atoms with van der Waals surface area (Å²) in [5.74, 6) is 0. The van der Waals surface area contributed by atoms with E-state index < -0.39 is 22.6 Å². The molecule has 2 aromatic rings. The first-order chi connectivity index (χ1) is 13.2. The second-order valence-electron chi connectivity index (χ2n) is 7.08. The highest BCUT2D eigenvalue weighted by Crippen LogP contribution is 2.27. The molecule has 0 radical (unpaired) electrons. The van der Waals surface area contributed by atoms with Crippen LogP contribution in [-0.4, -0.2) is 27.2 Å². The lowest BCUT2D eigenvalue weighted by molar-refractivity contribution is -0.127. The van der Waals surface area contributed by atoms with Crippen LogP contribution >= 0.6 is 0 Å². The molecule has 2 N–H and O–H groups in total. The molecule has 1 unspecified atom stereocenters. The van der Waals surface area contributed by atoms with Crippen molar-refractivity contribution in [2.75, 3.05) is 11.3 Å². The van der Waals surface area contributed by atoms with E-state index in [1.54, 1.807) is 6.07 Å². The van der Waals surface area contributed by atoms with Crippen molar-refractivity contribution in [1.82, 2.24) is 5.32 Å². The Hall–Kier alpha value is -2.06. The van der Waals surface area contributed by atoms with Crippen LogP contribution in [0, 0.1) is 0 Å². The first-order valence-electron chi connectivity index (χ1n) is 9.20. The third-order valence-electron chi connectivity index (χ3n) is 4.71. The van der Waals surface area contributed by atoms with Crippen LogP contribution in [0.25, 0.3) is 0 Å². The molecule has 0 aromatic heterocycles. The van der Waals surface area contributed by atoms with Gasteiger partial charge in [-0.1, -0.05) is 25.1 Å². The van der Waals surface area contributed by atoms with Gasteiger partial charge in [0.1, 0.15) is 0 Å². The van der Waals surface area contributed by atoms with Crippen molar-refractivity contribution in [2.24, 2.45) is 0 Å². The van der Waals surface area contributed by atoms with E-state index >= 15 is 0 Å². The maximum atomic E-state index is 12.6. The molecule has 1 aliphatic carbocycles. The van der Waals surface area contributed by atoms with Crippen molar-refractivity contribution >= 4 is 15.7 Å². The minimum absolute atomic E-state index is 0.0228. The summed E-state index contributed by atoms with van der Waals surface area (Å²) in [6, 6.07) is 10.6. The van der Waals surface area contributed by atoms with Gasteiger partial charge in [-0.05, 0) is 66.8 Å². The smallest absolute Gasteiger partial charge is 0.313 e. The first kappa shape index (κ1) is 20.7. The van der Waals surface area contributed by atoms with Gasteiger partial charge in [-0.25, -0.2) is 8.42 Å². The highest BCUT2D eigenvalue weighted by Gasteiger charge is 2.28. The summed E-state index contributed by atoms with van der Waals surface area (Å²) in [7, 11) is -3.87. The zero-order chi connectivity index (χ0) is 20.4. The van der Waals surface area contributed by atoms with Gasteiger partial charge in [0.05, 0.1) is 11.3 Å². The summed E-state index contributed by atoms with van der Waals surface area (Å²) in [4.78, 5) is -0.0681. The van der Waals surface area contributed by atoms with Crippen molar-refractivity contribution in [3.05, 3.63) is 59.2 Å². The highest BCUT2D eigenvalue weighted by atomic mass is 32.2. The van der Waals surface area contributed by atoms with Gasteiger partial charge in [0.2, 0.25) is 0 Å². The van der Waals surface area contributed by atoms with Crippen LogP contribution < -0.4 is 10.0 Å². The number of hydrogen-bond donors (Lipinski definition) is 2. The predicted molar refractivity (Wildman–Crippen MR) is 103 cm³/mol. The standard InChI is InChI=1S/C20H23F3N2O2S/c1-2-9-24-18-10-15-5-6-17(11-16(15)12-18)25-28(26,27)19-7-3-14(4-8-19)13-20(21,22)23/h3-8,11,18,24-25H,2,9-10,12-13H2,1H3. The lowest BCUT2D eigenvalue weighted by Crippen LogP contribution is -2.29. The molecule has 0 aliphatic heterocycles. The van der Waals surface area contributed by atoms with Crippen molar-refractivity contribution < 1.29 is 21.6 Å². The number of nitrogens with one attached hydrogen (secondary N) is 2. The molecule has 0 heterocycles. The molecule has 28 heavy (non-hydrogen) atoms. The number of alkyl halides is 3. The number of hydrogen-bond acceptors (Lipinski definition) is 3. The zero-order valence-electron chi connectivity index (χ0n) is 15.5. The number of halogens is 3. The highest BCUT2D eigenvalue weighted by molar-refractivity contribution is 7.92. The van der Waals surface area contributed by atoms with E-state index in [0.29, 0.717) is 11.7 Å². The largest absolute Gasteiger partial charge is 0.393 e. The van der Waals surface area contributed by atoms with E-state index in [1.807, 2.05) is 12.1 Å². The lowest BCUT2D eigenvalue weighted by atomic mass is 10.1. The summed E-state index contributed by atoms with van der Waals surface area (Å²) in [5.41, 5.74) is 2.78. The number of fused-ring (bicyclic) bond motifs is 1. The van der Waals surface area contributed by atoms with Crippen molar-refractivity contribution in [2.45, 2.75) is 49.7 Å². The number of sulfonamides is 1. The van der Waals surface area contributed by atoms with Crippen LogP contribution in [0.2, 0.25) is 0 Å². The van der Waals surface area contributed by atoms with Crippen LogP contribution in [0.3, 0.4) is 0 Å². The van der Waals surface area contributed by atoms with E-state index in [0.717, 1.165) is 31.4 Å². The molecule has 2 aromatic carbocycles. The fourth-order valence-corrected chi connectivity index (χ4v) is 4.46. The maximum absolute atomic E-state index is 12.6. The second kappa shape index (κ2) is 8.13. The molecule has 0 spiro atoms. The molecule has 0 amide bonds. The average Bonchev–Trinajstić information content (AvgIpc) is 3.00. The van der Waals surface area contributed by atoms with E-state index in [4.69, 9.17) is 0 Å². The summed E-state index contributed by atoms with van der Waals surface area (Å²) in [6.45, 7) is 3.06. The molecule has 3 rings (SSSR count). The monoisotopic (exact) mass is 412 g/mol. The number of benzene rings is 2. The van der Waals surface area contributed by atoms with Crippen LogP contribution in [0.1, 0.15) is 30.0 Å². The normalized spacial score (nSPS) is 16.8.